The van der Waals surface area contributed by atoms with Gasteiger partial charge < -0.3 is 8.83 Å². The standard InChI is InChI=1S/C48H28N4O2/c1-2-12-29(13-3-1)30-14-6-15-31(28-30)45-50-46(52-47(51-45)38-22-10-25-41-44(38)37-16-4-5-24-40(37)53-41)36-21-8-17-32-33(18-7-19-34(32)36)35-20-9-26-42-43(35)39-23-11-27-49-48(39)54-42/h1-28H. The summed E-state index contributed by atoms with van der Waals surface area (Å²) in [7, 11) is 0. The van der Waals surface area contributed by atoms with Crippen molar-refractivity contribution in [3.63, 3.8) is 0 Å². The van der Waals surface area contributed by atoms with E-state index in [-0.39, 0.29) is 0 Å². The van der Waals surface area contributed by atoms with Crippen LogP contribution in [0.15, 0.2) is 179 Å². The van der Waals surface area contributed by atoms with Crippen molar-refractivity contribution >= 4 is 54.8 Å². The molecule has 0 fully saturated rings. The Morgan fingerprint density at radius 3 is 1.76 bits per heavy atom. The third-order valence-corrected chi connectivity index (χ3v) is 10.2. The van der Waals surface area contributed by atoms with E-state index in [4.69, 9.17) is 23.8 Å². The van der Waals surface area contributed by atoms with Crippen LogP contribution in [0.1, 0.15) is 0 Å². The molecule has 11 rings (SSSR count). The Morgan fingerprint density at radius 1 is 0.333 bits per heavy atom. The molecule has 0 bridgehead atoms. The van der Waals surface area contributed by atoms with Gasteiger partial charge in [-0.1, -0.05) is 127 Å². The van der Waals surface area contributed by atoms with Crippen molar-refractivity contribution in [1.82, 2.24) is 19.9 Å². The molecule has 7 aromatic carbocycles. The summed E-state index contributed by atoms with van der Waals surface area (Å²) < 4.78 is 12.5. The lowest BCUT2D eigenvalue weighted by molar-refractivity contribution is 0.654. The molecule has 54 heavy (non-hydrogen) atoms. The molecule has 0 spiro atoms. The van der Waals surface area contributed by atoms with E-state index >= 15 is 0 Å². The maximum atomic E-state index is 6.29. The third-order valence-electron chi connectivity index (χ3n) is 10.2. The zero-order chi connectivity index (χ0) is 35.6. The molecule has 4 aromatic heterocycles. The zero-order valence-corrected chi connectivity index (χ0v) is 28.8. The Balaban J connectivity index is 1.16. The first-order chi connectivity index (χ1) is 26.8. The maximum Gasteiger partial charge on any atom is 0.227 e. The highest BCUT2D eigenvalue weighted by molar-refractivity contribution is 6.16. The average molecular weight is 693 g/mol. The number of hydrogen-bond donors (Lipinski definition) is 0. The van der Waals surface area contributed by atoms with E-state index in [1.165, 1.54) is 0 Å². The fourth-order valence-corrected chi connectivity index (χ4v) is 7.80. The molecule has 0 saturated heterocycles. The Morgan fingerprint density at radius 2 is 0.889 bits per heavy atom. The van der Waals surface area contributed by atoms with E-state index in [1.807, 2.05) is 54.6 Å². The monoisotopic (exact) mass is 692 g/mol. The highest BCUT2D eigenvalue weighted by atomic mass is 16.3. The Hall–Kier alpha value is -7.44. The maximum absolute atomic E-state index is 6.29. The molecular formula is C48H28N4O2. The number of pyridine rings is 1. The molecule has 0 atom stereocenters. The minimum absolute atomic E-state index is 0.576. The summed E-state index contributed by atoms with van der Waals surface area (Å²) in [6, 6.07) is 55.9. The van der Waals surface area contributed by atoms with Gasteiger partial charge in [0.15, 0.2) is 17.5 Å². The van der Waals surface area contributed by atoms with E-state index in [9.17, 15) is 0 Å². The molecule has 0 saturated carbocycles. The molecule has 252 valence electrons. The van der Waals surface area contributed by atoms with Crippen molar-refractivity contribution in [2.24, 2.45) is 0 Å². The lowest BCUT2D eigenvalue weighted by atomic mass is 9.93. The highest BCUT2D eigenvalue weighted by Gasteiger charge is 2.20. The smallest absolute Gasteiger partial charge is 0.227 e. The molecule has 0 aliphatic rings. The summed E-state index contributed by atoms with van der Waals surface area (Å²) in [5.74, 6) is 1.75. The second kappa shape index (κ2) is 12.1. The predicted octanol–water partition coefficient (Wildman–Crippen LogP) is 12.6. The topological polar surface area (TPSA) is 77.8 Å². The van der Waals surface area contributed by atoms with Crippen LogP contribution in [0.2, 0.25) is 0 Å². The Labute approximate surface area is 309 Å². The number of nitrogens with zero attached hydrogens (tertiary/aromatic N) is 4. The molecule has 0 N–H and O–H groups in total. The van der Waals surface area contributed by atoms with Gasteiger partial charge >= 0.3 is 0 Å². The minimum atomic E-state index is 0.576. The number of rotatable bonds is 5. The lowest BCUT2D eigenvalue weighted by Crippen LogP contribution is -2.01. The minimum Gasteiger partial charge on any atom is -0.456 e. The van der Waals surface area contributed by atoms with Crippen LogP contribution in [0, 0.1) is 0 Å². The van der Waals surface area contributed by atoms with Gasteiger partial charge in [0.25, 0.3) is 0 Å². The van der Waals surface area contributed by atoms with Crippen molar-refractivity contribution in [2.75, 3.05) is 0 Å². The van der Waals surface area contributed by atoms with Crippen LogP contribution in [-0.4, -0.2) is 19.9 Å². The van der Waals surface area contributed by atoms with E-state index in [0.717, 1.165) is 88.0 Å². The normalized spacial score (nSPS) is 11.7. The van der Waals surface area contributed by atoms with Gasteiger partial charge in [-0.05, 0) is 69.4 Å². The van der Waals surface area contributed by atoms with Gasteiger partial charge in [-0.25, -0.2) is 19.9 Å². The van der Waals surface area contributed by atoms with E-state index in [2.05, 4.69) is 114 Å². The number of fused-ring (bicyclic) bond motifs is 7. The molecule has 6 nitrogen and oxygen atoms in total. The lowest BCUT2D eigenvalue weighted by Gasteiger charge is -2.13. The molecule has 0 aliphatic carbocycles. The van der Waals surface area contributed by atoms with Gasteiger partial charge in [0.05, 0.1) is 0 Å². The van der Waals surface area contributed by atoms with Crippen LogP contribution in [0.5, 0.6) is 0 Å². The molecule has 0 aliphatic heterocycles. The molecule has 0 amide bonds. The molecule has 4 heterocycles. The highest BCUT2D eigenvalue weighted by Crippen LogP contribution is 2.41. The quantitative estimate of drug-likeness (QED) is 0.179. The second-order valence-electron chi connectivity index (χ2n) is 13.4. The van der Waals surface area contributed by atoms with E-state index in [1.54, 1.807) is 6.20 Å². The van der Waals surface area contributed by atoms with Crippen molar-refractivity contribution in [3.05, 3.63) is 170 Å². The van der Waals surface area contributed by atoms with Gasteiger partial charge in [0.1, 0.15) is 16.7 Å². The first kappa shape index (κ1) is 30.2. The van der Waals surface area contributed by atoms with Crippen molar-refractivity contribution < 1.29 is 8.83 Å². The molecule has 11 aromatic rings. The Kier molecular flexibility index (Phi) is 6.75. The fourth-order valence-electron chi connectivity index (χ4n) is 7.80. The summed E-state index contributed by atoms with van der Waals surface area (Å²) in [5, 5.41) is 6.14. The van der Waals surface area contributed by atoms with Crippen molar-refractivity contribution in [1.29, 1.82) is 0 Å². The summed E-state index contributed by atoms with van der Waals surface area (Å²) in [6.07, 6.45) is 1.76. The van der Waals surface area contributed by atoms with E-state index in [0.29, 0.717) is 23.2 Å². The summed E-state index contributed by atoms with van der Waals surface area (Å²) in [4.78, 5) is 20.2. The van der Waals surface area contributed by atoms with Crippen LogP contribution in [0.4, 0.5) is 0 Å². The van der Waals surface area contributed by atoms with Gasteiger partial charge in [0.2, 0.25) is 5.71 Å². The van der Waals surface area contributed by atoms with Crippen molar-refractivity contribution in [3.8, 4) is 56.4 Å². The summed E-state index contributed by atoms with van der Waals surface area (Å²) in [6.45, 7) is 0. The largest absolute Gasteiger partial charge is 0.456 e. The number of furan rings is 2. The fraction of sp³-hybridized carbons (Fsp3) is 0. The summed E-state index contributed by atoms with van der Waals surface area (Å²) >= 11 is 0. The van der Waals surface area contributed by atoms with Crippen LogP contribution in [0.3, 0.4) is 0 Å². The average Bonchev–Trinajstić information content (AvgIpc) is 3.82. The van der Waals surface area contributed by atoms with Gasteiger partial charge in [-0.15, -0.1) is 0 Å². The SMILES string of the molecule is c1ccc(-c2cccc(-c3nc(-c4cccc5c(-c6cccc7oc8ncccc8c67)cccc45)nc(-c4cccc5oc6ccccc6c45)n3)c2)cc1. The molecule has 6 heteroatoms. The third kappa shape index (κ3) is 4.81. The van der Waals surface area contributed by atoms with Crippen LogP contribution in [0.25, 0.3) is 111 Å². The second-order valence-corrected chi connectivity index (χ2v) is 13.4. The molecular weight excluding hydrogens is 665 g/mol. The first-order valence-corrected chi connectivity index (χ1v) is 17.9. The number of para-hydroxylation sites is 1. The van der Waals surface area contributed by atoms with Crippen molar-refractivity contribution in [2.45, 2.75) is 0 Å². The zero-order valence-electron chi connectivity index (χ0n) is 28.8. The molecule has 0 unspecified atom stereocenters. The van der Waals surface area contributed by atoms with Crippen LogP contribution < -0.4 is 0 Å². The number of benzene rings is 7. The van der Waals surface area contributed by atoms with Gasteiger partial charge in [0, 0.05) is 44.4 Å². The van der Waals surface area contributed by atoms with E-state index < -0.39 is 0 Å². The van der Waals surface area contributed by atoms with Crippen LogP contribution in [-0.2, 0) is 0 Å². The predicted molar refractivity (Wildman–Crippen MR) is 217 cm³/mol. The summed E-state index contributed by atoms with van der Waals surface area (Å²) in [5.41, 5.74) is 10.1. The van der Waals surface area contributed by atoms with Gasteiger partial charge in [-0.2, -0.15) is 0 Å². The van der Waals surface area contributed by atoms with Gasteiger partial charge in [-0.3, -0.25) is 0 Å². The number of aromatic nitrogens is 4. The van der Waals surface area contributed by atoms with Crippen LogP contribution >= 0.6 is 0 Å². The number of hydrogen-bond acceptors (Lipinski definition) is 6. The Bertz CT molecular complexity index is 3240. The first-order valence-electron chi connectivity index (χ1n) is 17.9. The molecule has 0 radical (unpaired) electrons.